The molecule has 0 aromatic heterocycles. The molecule has 1 N–H and O–H groups in total. The summed E-state index contributed by atoms with van der Waals surface area (Å²) in [5.74, 6) is 0.746. The van der Waals surface area contributed by atoms with Gasteiger partial charge in [-0.25, -0.2) is 0 Å². The Balaban J connectivity index is 1.84. The SMILES string of the molecule is CCOc1cc(/C=C(\C#N)C(=O)Nc2ccc(C)cc2)cc(I)c1OCc1ccc(C)c(C)c1. The average Bonchev–Trinajstić information content (AvgIpc) is 2.80. The molecular formula is C28H27IN2O3. The molecule has 0 radical (unpaired) electrons. The Morgan fingerprint density at radius 3 is 2.41 bits per heavy atom. The molecule has 0 unspecified atom stereocenters. The van der Waals surface area contributed by atoms with Crippen LogP contribution in [0.15, 0.2) is 60.2 Å². The number of nitrogens with zero attached hydrogens (tertiary/aromatic N) is 1. The predicted octanol–water partition coefficient (Wildman–Crippen LogP) is 6.74. The second kappa shape index (κ2) is 11.7. The van der Waals surface area contributed by atoms with Gasteiger partial charge in [0.25, 0.3) is 5.91 Å². The van der Waals surface area contributed by atoms with Gasteiger partial charge in [0.05, 0.1) is 10.2 Å². The van der Waals surface area contributed by atoms with Gasteiger partial charge in [-0.2, -0.15) is 5.26 Å². The van der Waals surface area contributed by atoms with Crippen LogP contribution < -0.4 is 14.8 Å². The first-order valence-corrected chi connectivity index (χ1v) is 12.0. The zero-order valence-corrected chi connectivity index (χ0v) is 21.9. The summed E-state index contributed by atoms with van der Waals surface area (Å²) < 4.78 is 12.8. The Morgan fingerprint density at radius 1 is 1.03 bits per heavy atom. The maximum absolute atomic E-state index is 12.6. The second-order valence-corrected chi connectivity index (χ2v) is 9.12. The maximum atomic E-state index is 12.6. The summed E-state index contributed by atoms with van der Waals surface area (Å²) in [4.78, 5) is 12.6. The quantitative estimate of drug-likeness (QED) is 0.186. The normalized spacial score (nSPS) is 11.0. The Kier molecular flexibility index (Phi) is 8.72. The second-order valence-electron chi connectivity index (χ2n) is 7.96. The van der Waals surface area contributed by atoms with Crippen LogP contribution in [-0.2, 0) is 11.4 Å². The van der Waals surface area contributed by atoms with Crippen molar-refractivity contribution in [2.75, 3.05) is 11.9 Å². The smallest absolute Gasteiger partial charge is 0.266 e. The van der Waals surface area contributed by atoms with E-state index in [1.165, 1.54) is 11.1 Å². The molecule has 0 aliphatic rings. The van der Waals surface area contributed by atoms with Gasteiger partial charge in [-0.1, -0.05) is 35.9 Å². The van der Waals surface area contributed by atoms with Crippen molar-refractivity contribution in [3.63, 3.8) is 0 Å². The number of aryl methyl sites for hydroxylation is 3. The summed E-state index contributed by atoms with van der Waals surface area (Å²) in [7, 11) is 0. The highest BCUT2D eigenvalue weighted by molar-refractivity contribution is 14.1. The largest absolute Gasteiger partial charge is 0.490 e. The molecule has 174 valence electrons. The molecule has 0 spiro atoms. The van der Waals surface area contributed by atoms with E-state index in [2.05, 4.69) is 60.0 Å². The number of nitriles is 1. The van der Waals surface area contributed by atoms with E-state index >= 15 is 0 Å². The van der Waals surface area contributed by atoms with E-state index in [0.29, 0.717) is 36.0 Å². The van der Waals surface area contributed by atoms with Crippen LogP contribution in [0.1, 0.15) is 34.7 Å². The first-order chi connectivity index (χ1) is 16.3. The van der Waals surface area contributed by atoms with E-state index < -0.39 is 5.91 Å². The van der Waals surface area contributed by atoms with Crippen LogP contribution in [0.2, 0.25) is 0 Å². The minimum Gasteiger partial charge on any atom is -0.490 e. The summed E-state index contributed by atoms with van der Waals surface area (Å²) in [6.45, 7) is 8.91. The van der Waals surface area contributed by atoms with E-state index in [1.807, 2.05) is 38.1 Å². The third kappa shape index (κ3) is 6.61. The first-order valence-electron chi connectivity index (χ1n) is 11.0. The molecule has 0 aliphatic heterocycles. The van der Waals surface area contributed by atoms with Crippen molar-refractivity contribution in [1.29, 1.82) is 5.26 Å². The highest BCUT2D eigenvalue weighted by Crippen LogP contribution is 2.35. The van der Waals surface area contributed by atoms with Gasteiger partial charge in [0.1, 0.15) is 18.2 Å². The van der Waals surface area contributed by atoms with Crippen molar-refractivity contribution in [2.24, 2.45) is 0 Å². The molecule has 3 aromatic rings. The monoisotopic (exact) mass is 566 g/mol. The van der Waals surface area contributed by atoms with Crippen LogP contribution in [-0.4, -0.2) is 12.5 Å². The Morgan fingerprint density at radius 2 is 1.76 bits per heavy atom. The molecular weight excluding hydrogens is 539 g/mol. The average molecular weight is 566 g/mol. The standard InChI is InChI=1S/C28H27IN2O3/c1-5-33-26-15-22(13-23(16-30)28(32)31-24-10-6-18(2)7-11-24)14-25(29)27(26)34-17-21-9-8-19(3)20(4)12-21/h6-15H,5,17H2,1-4H3,(H,31,32)/b23-13+. The summed E-state index contributed by atoms with van der Waals surface area (Å²) in [6, 6.07) is 19.3. The van der Waals surface area contributed by atoms with Gasteiger partial charge < -0.3 is 14.8 Å². The summed E-state index contributed by atoms with van der Waals surface area (Å²) >= 11 is 2.19. The lowest BCUT2D eigenvalue weighted by Gasteiger charge is -2.15. The van der Waals surface area contributed by atoms with E-state index in [9.17, 15) is 10.1 Å². The molecule has 0 heterocycles. The number of ether oxygens (including phenoxy) is 2. The van der Waals surface area contributed by atoms with Crippen molar-refractivity contribution in [3.8, 4) is 17.6 Å². The number of halogens is 1. The fourth-order valence-electron chi connectivity index (χ4n) is 3.27. The number of nitrogens with one attached hydrogen (secondary N) is 1. The van der Waals surface area contributed by atoms with Crippen LogP contribution in [0.25, 0.3) is 6.08 Å². The van der Waals surface area contributed by atoms with Gasteiger partial charge in [0, 0.05) is 5.69 Å². The zero-order chi connectivity index (χ0) is 24.7. The molecule has 3 rings (SSSR count). The number of anilines is 1. The molecule has 0 fully saturated rings. The molecule has 0 saturated carbocycles. The molecule has 5 nitrogen and oxygen atoms in total. The zero-order valence-electron chi connectivity index (χ0n) is 19.7. The fourth-order valence-corrected chi connectivity index (χ4v) is 4.05. The van der Waals surface area contributed by atoms with Crippen molar-refractivity contribution in [1.82, 2.24) is 0 Å². The molecule has 0 atom stereocenters. The van der Waals surface area contributed by atoms with E-state index in [-0.39, 0.29) is 5.57 Å². The van der Waals surface area contributed by atoms with Gasteiger partial charge in [0.2, 0.25) is 0 Å². The number of carbonyl (C=O) groups is 1. The molecule has 34 heavy (non-hydrogen) atoms. The fraction of sp³-hybridized carbons (Fsp3) is 0.214. The van der Waals surface area contributed by atoms with Crippen LogP contribution >= 0.6 is 22.6 Å². The van der Waals surface area contributed by atoms with Crippen molar-refractivity contribution < 1.29 is 14.3 Å². The van der Waals surface area contributed by atoms with Crippen LogP contribution in [0.3, 0.4) is 0 Å². The van der Waals surface area contributed by atoms with Gasteiger partial charge in [-0.05, 0) is 103 Å². The number of benzene rings is 3. The molecule has 3 aromatic carbocycles. The molecule has 6 heteroatoms. The number of rotatable bonds is 8. The van der Waals surface area contributed by atoms with Crippen LogP contribution in [0.4, 0.5) is 5.69 Å². The number of hydrogen-bond acceptors (Lipinski definition) is 4. The predicted molar refractivity (Wildman–Crippen MR) is 144 cm³/mol. The summed E-state index contributed by atoms with van der Waals surface area (Å²) in [5.41, 5.74) is 5.94. The number of amides is 1. The maximum Gasteiger partial charge on any atom is 0.266 e. The lowest BCUT2D eigenvalue weighted by atomic mass is 10.1. The van der Waals surface area contributed by atoms with Crippen molar-refractivity contribution in [3.05, 3.63) is 91.6 Å². The lowest BCUT2D eigenvalue weighted by molar-refractivity contribution is -0.112. The first kappa shape index (κ1) is 25.3. The van der Waals surface area contributed by atoms with E-state index in [1.54, 1.807) is 24.3 Å². The van der Waals surface area contributed by atoms with Crippen molar-refractivity contribution in [2.45, 2.75) is 34.3 Å². The molecule has 0 aliphatic carbocycles. The third-order valence-electron chi connectivity index (χ3n) is 5.27. The summed E-state index contributed by atoms with van der Waals surface area (Å²) in [5, 5.41) is 12.4. The Bertz CT molecular complexity index is 1260. The molecule has 0 bridgehead atoms. The van der Waals surface area contributed by atoms with E-state index in [4.69, 9.17) is 9.47 Å². The number of hydrogen-bond donors (Lipinski definition) is 1. The lowest BCUT2D eigenvalue weighted by Crippen LogP contribution is -2.13. The Labute approximate surface area is 214 Å². The van der Waals surface area contributed by atoms with Crippen LogP contribution in [0, 0.1) is 35.7 Å². The molecule has 0 saturated heterocycles. The topological polar surface area (TPSA) is 71.3 Å². The molecule has 1 amide bonds. The summed E-state index contributed by atoms with van der Waals surface area (Å²) in [6.07, 6.45) is 1.56. The third-order valence-corrected chi connectivity index (χ3v) is 6.07. The van der Waals surface area contributed by atoms with Crippen molar-refractivity contribution >= 4 is 40.3 Å². The highest BCUT2D eigenvalue weighted by Gasteiger charge is 2.15. The Hall–Kier alpha value is -3.31. The minimum atomic E-state index is -0.464. The highest BCUT2D eigenvalue weighted by atomic mass is 127. The van der Waals surface area contributed by atoms with Gasteiger partial charge in [-0.15, -0.1) is 0 Å². The van der Waals surface area contributed by atoms with Gasteiger partial charge >= 0.3 is 0 Å². The van der Waals surface area contributed by atoms with Gasteiger partial charge in [0.15, 0.2) is 11.5 Å². The number of carbonyl (C=O) groups excluding carboxylic acids is 1. The minimum absolute atomic E-state index is 0.00243. The van der Waals surface area contributed by atoms with E-state index in [0.717, 1.165) is 14.7 Å². The van der Waals surface area contributed by atoms with Gasteiger partial charge in [-0.3, -0.25) is 4.79 Å². The van der Waals surface area contributed by atoms with Crippen LogP contribution in [0.5, 0.6) is 11.5 Å².